The molecule has 1 aromatic carbocycles. The number of hydrogen-bond donors (Lipinski definition) is 0. The van der Waals surface area contributed by atoms with Crippen molar-refractivity contribution in [2.24, 2.45) is 0 Å². The van der Waals surface area contributed by atoms with Crippen molar-refractivity contribution in [1.82, 2.24) is 0 Å². The van der Waals surface area contributed by atoms with E-state index in [2.05, 4.69) is 65.1 Å². The van der Waals surface area contributed by atoms with Crippen LogP contribution in [0.3, 0.4) is 0 Å². The zero-order valence-corrected chi connectivity index (χ0v) is 13.5. The molecule has 96 valence electrons. The van der Waals surface area contributed by atoms with Gasteiger partial charge < -0.3 is 0 Å². The van der Waals surface area contributed by atoms with Gasteiger partial charge in [-0.3, -0.25) is 0 Å². The summed E-state index contributed by atoms with van der Waals surface area (Å²) in [6.45, 7) is 14.0. The van der Waals surface area contributed by atoms with Gasteiger partial charge in [0.15, 0.2) is 0 Å². The molecule has 18 heavy (non-hydrogen) atoms. The van der Waals surface area contributed by atoms with Gasteiger partial charge in [-0.2, -0.15) is 0 Å². The van der Waals surface area contributed by atoms with Crippen LogP contribution in [-0.4, -0.2) is 8.07 Å². The van der Waals surface area contributed by atoms with Gasteiger partial charge in [0.25, 0.3) is 0 Å². The summed E-state index contributed by atoms with van der Waals surface area (Å²) in [5.74, 6) is 0. The van der Waals surface area contributed by atoms with E-state index < -0.39 is 8.07 Å². The first-order chi connectivity index (χ1) is 8.34. The molecule has 1 heteroatoms. The lowest BCUT2D eigenvalue weighted by Gasteiger charge is -2.30. The molecule has 1 aliphatic carbocycles. The van der Waals surface area contributed by atoms with Gasteiger partial charge in [0, 0.05) is 0 Å². The zero-order chi connectivity index (χ0) is 13.5. The number of rotatable bonds is 2. The summed E-state index contributed by atoms with van der Waals surface area (Å²) in [4.78, 5) is 0. The number of aryl methyl sites for hydroxylation is 3. The Morgan fingerprint density at radius 2 is 1.50 bits per heavy atom. The summed E-state index contributed by atoms with van der Waals surface area (Å²) in [5.41, 5.74) is 5.85. The van der Waals surface area contributed by atoms with E-state index in [1.54, 1.807) is 10.4 Å². The first-order valence-corrected chi connectivity index (χ1v) is 9.79. The maximum atomic E-state index is 2.50. The van der Waals surface area contributed by atoms with Gasteiger partial charge in [-0.05, 0) is 39.3 Å². The fourth-order valence-electron chi connectivity index (χ4n) is 3.68. The molecular weight excluding hydrogens is 232 g/mol. The molecule has 0 aliphatic heterocycles. The summed E-state index contributed by atoms with van der Waals surface area (Å²) in [7, 11) is -1.50. The van der Waals surface area contributed by atoms with E-state index in [9.17, 15) is 0 Å². The standard InChI is InChI=1S/C17H24Si/c1-12-10-14(3)17(15(4)11-12)18(5,6)16-9-7-8-13(16)2/h7-8,10-11H,9H2,1-6H3. The molecule has 2 rings (SSSR count). The summed E-state index contributed by atoms with van der Waals surface area (Å²) in [6.07, 6.45) is 5.78. The Labute approximate surface area is 112 Å². The first kappa shape index (κ1) is 13.4. The van der Waals surface area contributed by atoms with Gasteiger partial charge in [-0.25, -0.2) is 0 Å². The van der Waals surface area contributed by atoms with E-state index in [4.69, 9.17) is 0 Å². The molecule has 0 heterocycles. The van der Waals surface area contributed by atoms with Crippen LogP contribution in [0.25, 0.3) is 0 Å². The second-order valence-electron chi connectivity index (χ2n) is 6.17. The average Bonchev–Trinajstić information content (AvgIpc) is 2.62. The number of hydrogen-bond acceptors (Lipinski definition) is 0. The van der Waals surface area contributed by atoms with Crippen molar-refractivity contribution in [2.75, 3.05) is 0 Å². The van der Waals surface area contributed by atoms with Gasteiger partial charge in [0.05, 0.1) is 0 Å². The minimum absolute atomic E-state index is 1.16. The van der Waals surface area contributed by atoms with Crippen molar-refractivity contribution in [2.45, 2.75) is 47.2 Å². The van der Waals surface area contributed by atoms with E-state index in [1.165, 1.54) is 22.3 Å². The Balaban J connectivity index is 2.58. The molecule has 0 bridgehead atoms. The summed E-state index contributed by atoms with van der Waals surface area (Å²) < 4.78 is 0. The Morgan fingerprint density at radius 1 is 0.944 bits per heavy atom. The fraction of sp³-hybridized carbons (Fsp3) is 0.412. The molecule has 1 aliphatic rings. The van der Waals surface area contributed by atoms with Crippen LogP contribution in [0, 0.1) is 20.8 Å². The predicted molar refractivity (Wildman–Crippen MR) is 84.2 cm³/mol. The molecule has 0 nitrogen and oxygen atoms in total. The maximum Gasteiger partial charge on any atom is 0.109 e. The summed E-state index contributed by atoms with van der Waals surface area (Å²) in [5, 5.41) is 3.35. The average molecular weight is 256 g/mol. The lowest BCUT2D eigenvalue weighted by atomic mass is 10.1. The van der Waals surface area contributed by atoms with Crippen molar-refractivity contribution in [3.63, 3.8) is 0 Å². The third-order valence-corrected chi connectivity index (χ3v) is 8.37. The van der Waals surface area contributed by atoms with Crippen LogP contribution in [0.2, 0.25) is 13.1 Å². The summed E-state index contributed by atoms with van der Waals surface area (Å²) in [6, 6.07) is 4.69. The van der Waals surface area contributed by atoms with Crippen molar-refractivity contribution in [1.29, 1.82) is 0 Å². The van der Waals surface area contributed by atoms with E-state index >= 15 is 0 Å². The van der Waals surface area contributed by atoms with Crippen molar-refractivity contribution < 1.29 is 0 Å². The zero-order valence-electron chi connectivity index (χ0n) is 12.5. The molecular formula is C17H24Si. The van der Waals surface area contributed by atoms with Crippen molar-refractivity contribution in [3.8, 4) is 0 Å². The summed E-state index contributed by atoms with van der Waals surface area (Å²) >= 11 is 0. The molecule has 0 fully saturated rings. The fourth-order valence-corrected chi connectivity index (χ4v) is 7.80. The van der Waals surface area contributed by atoms with Crippen LogP contribution < -0.4 is 5.19 Å². The molecule has 0 amide bonds. The van der Waals surface area contributed by atoms with Crippen molar-refractivity contribution in [3.05, 3.63) is 51.7 Å². The lowest BCUT2D eigenvalue weighted by molar-refractivity contribution is 1.30. The minimum Gasteiger partial charge on any atom is -0.0806 e. The Kier molecular flexibility index (Phi) is 3.37. The van der Waals surface area contributed by atoms with Gasteiger partial charge in [-0.15, -0.1) is 0 Å². The Bertz CT molecular complexity index is 522. The number of benzene rings is 1. The van der Waals surface area contributed by atoms with Crippen LogP contribution in [0.5, 0.6) is 0 Å². The van der Waals surface area contributed by atoms with Crippen molar-refractivity contribution >= 4 is 13.3 Å². The van der Waals surface area contributed by atoms with E-state index in [0.717, 1.165) is 6.42 Å². The second-order valence-corrected chi connectivity index (χ2v) is 10.5. The smallest absolute Gasteiger partial charge is 0.0806 e. The highest BCUT2D eigenvalue weighted by molar-refractivity contribution is 6.96. The SMILES string of the molecule is CC1=C([Si](C)(C)c2c(C)cc(C)cc2C)CC=C1. The highest BCUT2D eigenvalue weighted by atomic mass is 28.3. The largest absolute Gasteiger partial charge is 0.109 e. The van der Waals surface area contributed by atoms with Gasteiger partial charge >= 0.3 is 0 Å². The number of allylic oxidation sites excluding steroid dienone is 4. The Morgan fingerprint density at radius 3 is 1.94 bits per heavy atom. The maximum absolute atomic E-state index is 2.50. The van der Waals surface area contributed by atoms with Crippen LogP contribution in [-0.2, 0) is 0 Å². The normalized spacial score (nSPS) is 15.7. The second kappa shape index (κ2) is 4.54. The molecule has 1 aromatic rings. The molecule has 0 aromatic heterocycles. The molecule has 0 saturated carbocycles. The molecule has 0 spiro atoms. The quantitative estimate of drug-likeness (QED) is 0.690. The van der Waals surface area contributed by atoms with Crippen LogP contribution in [0.4, 0.5) is 0 Å². The topological polar surface area (TPSA) is 0 Å². The predicted octanol–water partition coefficient (Wildman–Crippen LogP) is 4.34. The van der Waals surface area contributed by atoms with Gasteiger partial charge in [0.1, 0.15) is 8.07 Å². The first-order valence-electron chi connectivity index (χ1n) is 6.79. The van der Waals surface area contributed by atoms with Gasteiger partial charge in [0.2, 0.25) is 0 Å². The minimum atomic E-state index is -1.50. The highest BCUT2D eigenvalue weighted by Gasteiger charge is 2.32. The Hall–Kier alpha value is -1.08. The molecule has 0 unspecified atom stereocenters. The van der Waals surface area contributed by atoms with Crippen LogP contribution in [0.1, 0.15) is 30.0 Å². The van der Waals surface area contributed by atoms with E-state index in [0.29, 0.717) is 0 Å². The third-order valence-electron chi connectivity index (χ3n) is 4.22. The van der Waals surface area contributed by atoms with Crippen LogP contribution in [0.15, 0.2) is 35.1 Å². The third kappa shape index (κ3) is 2.12. The van der Waals surface area contributed by atoms with Gasteiger partial charge in [-0.1, -0.05) is 64.8 Å². The highest BCUT2D eigenvalue weighted by Crippen LogP contribution is 2.29. The monoisotopic (exact) mass is 256 g/mol. The van der Waals surface area contributed by atoms with E-state index in [1.807, 2.05) is 0 Å². The molecule has 0 saturated heterocycles. The molecule has 0 atom stereocenters. The molecule has 0 N–H and O–H groups in total. The lowest BCUT2D eigenvalue weighted by Crippen LogP contribution is -2.47. The van der Waals surface area contributed by atoms with Crippen LogP contribution >= 0.6 is 0 Å². The van der Waals surface area contributed by atoms with E-state index in [-0.39, 0.29) is 0 Å². The molecule has 0 radical (unpaired) electrons.